The molecule has 1 aliphatic heterocycles. The van der Waals surface area contributed by atoms with Crippen molar-refractivity contribution in [2.75, 3.05) is 27.2 Å². The van der Waals surface area contributed by atoms with Crippen molar-refractivity contribution in [1.82, 2.24) is 10.2 Å². The Morgan fingerprint density at radius 2 is 2.27 bits per heavy atom. The molecule has 4 heteroatoms. The third-order valence-electron chi connectivity index (χ3n) is 3.10. The van der Waals surface area contributed by atoms with E-state index in [1.807, 2.05) is 25.8 Å². The summed E-state index contributed by atoms with van der Waals surface area (Å²) in [7, 11) is 3.50. The lowest BCUT2D eigenvalue weighted by molar-refractivity contribution is -0.151. The molecule has 0 aromatic carbocycles. The van der Waals surface area contributed by atoms with Crippen LogP contribution in [0.15, 0.2) is 0 Å². The van der Waals surface area contributed by atoms with E-state index in [2.05, 4.69) is 5.32 Å². The summed E-state index contributed by atoms with van der Waals surface area (Å²) in [4.78, 5) is 14.1. The minimum atomic E-state index is -0.698. The maximum absolute atomic E-state index is 12.2. The van der Waals surface area contributed by atoms with E-state index < -0.39 is 5.60 Å². The zero-order chi connectivity index (χ0) is 11.5. The number of methoxy groups -OCH3 is 1. The number of nitrogens with one attached hydrogen (secondary N) is 1. The first-order valence-electron chi connectivity index (χ1n) is 5.53. The summed E-state index contributed by atoms with van der Waals surface area (Å²) in [6.45, 7) is 5.37. The number of nitrogens with zero attached hydrogens (tertiary/aromatic N) is 1. The molecule has 0 spiro atoms. The molecule has 0 radical (unpaired) electrons. The van der Waals surface area contributed by atoms with Gasteiger partial charge in [-0.3, -0.25) is 4.79 Å². The van der Waals surface area contributed by atoms with Gasteiger partial charge in [-0.1, -0.05) is 0 Å². The predicted molar refractivity (Wildman–Crippen MR) is 59.7 cm³/mol. The Kier molecular flexibility index (Phi) is 4.11. The van der Waals surface area contributed by atoms with Crippen LogP contribution in [0, 0.1) is 0 Å². The van der Waals surface area contributed by atoms with E-state index in [4.69, 9.17) is 4.74 Å². The van der Waals surface area contributed by atoms with Crippen LogP contribution in [0.2, 0.25) is 0 Å². The van der Waals surface area contributed by atoms with Crippen LogP contribution in [0.3, 0.4) is 0 Å². The average Bonchev–Trinajstić information content (AvgIpc) is 2.65. The molecular formula is C11H22N2O2. The van der Waals surface area contributed by atoms with Gasteiger partial charge in [0.2, 0.25) is 0 Å². The first-order valence-corrected chi connectivity index (χ1v) is 5.53. The summed E-state index contributed by atoms with van der Waals surface area (Å²) in [6.07, 6.45) is 2.18. The number of amides is 1. The lowest BCUT2D eigenvalue weighted by Gasteiger charge is -2.32. The highest BCUT2D eigenvalue weighted by atomic mass is 16.5. The van der Waals surface area contributed by atoms with E-state index in [0.29, 0.717) is 6.04 Å². The number of hydrogen-bond acceptors (Lipinski definition) is 3. The highest BCUT2D eigenvalue weighted by molar-refractivity contribution is 5.85. The Morgan fingerprint density at radius 1 is 1.60 bits per heavy atom. The van der Waals surface area contributed by atoms with Crippen molar-refractivity contribution < 1.29 is 9.53 Å². The maximum Gasteiger partial charge on any atom is 0.254 e. The molecule has 88 valence electrons. The average molecular weight is 214 g/mol. The Hall–Kier alpha value is -0.610. The number of ether oxygens (including phenoxy) is 1. The van der Waals surface area contributed by atoms with E-state index >= 15 is 0 Å². The van der Waals surface area contributed by atoms with Crippen LogP contribution < -0.4 is 5.32 Å². The molecule has 1 fully saturated rings. The fourth-order valence-corrected chi connectivity index (χ4v) is 1.98. The molecule has 0 bridgehead atoms. The number of likely N-dealkylation sites (N-methyl/N-ethyl adjacent to an activating group) is 1. The summed E-state index contributed by atoms with van der Waals surface area (Å²) >= 11 is 0. The fraction of sp³-hybridized carbons (Fsp3) is 0.909. The minimum Gasteiger partial charge on any atom is -0.369 e. The Morgan fingerprint density at radius 3 is 2.80 bits per heavy atom. The lowest BCUT2D eigenvalue weighted by Crippen LogP contribution is -2.50. The molecule has 0 aromatic heterocycles. The normalized spacial score (nSPS) is 22.1. The van der Waals surface area contributed by atoms with Crippen molar-refractivity contribution >= 4 is 5.91 Å². The second-order valence-electron chi connectivity index (χ2n) is 4.57. The maximum atomic E-state index is 12.2. The smallest absolute Gasteiger partial charge is 0.254 e. The molecule has 1 amide bonds. The SMILES string of the molecule is CNCC1CCCN1C(=O)C(C)(C)OC. The second-order valence-corrected chi connectivity index (χ2v) is 4.57. The number of rotatable bonds is 4. The van der Waals surface area contributed by atoms with E-state index in [1.54, 1.807) is 7.11 Å². The van der Waals surface area contributed by atoms with Gasteiger partial charge < -0.3 is 15.0 Å². The zero-order valence-corrected chi connectivity index (χ0v) is 10.2. The number of likely N-dealkylation sites (tertiary alicyclic amines) is 1. The third kappa shape index (κ3) is 2.69. The lowest BCUT2D eigenvalue weighted by atomic mass is 10.1. The molecule has 15 heavy (non-hydrogen) atoms. The van der Waals surface area contributed by atoms with Gasteiger partial charge >= 0.3 is 0 Å². The van der Waals surface area contributed by atoms with Crippen LogP contribution in [0.1, 0.15) is 26.7 Å². The molecule has 1 atom stereocenters. The summed E-state index contributed by atoms with van der Waals surface area (Å²) < 4.78 is 5.23. The minimum absolute atomic E-state index is 0.0998. The van der Waals surface area contributed by atoms with Gasteiger partial charge in [-0.05, 0) is 33.7 Å². The second kappa shape index (κ2) is 4.94. The third-order valence-corrected chi connectivity index (χ3v) is 3.10. The molecule has 1 heterocycles. The van der Waals surface area contributed by atoms with Crippen LogP contribution >= 0.6 is 0 Å². The van der Waals surface area contributed by atoms with E-state index in [9.17, 15) is 4.79 Å². The first kappa shape index (κ1) is 12.5. The van der Waals surface area contributed by atoms with E-state index in [1.165, 1.54) is 0 Å². The molecule has 1 saturated heterocycles. The van der Waals surface area contributed by atoms with E-state index in [0.717, 1.165) is 25.9 Å². The summed E-state index contributed by atoms with van der Waals surface area (Å²) in [5, 5.41) is 3.13. The molecule has 0 saturated carbocycles. The van der Waals surface area contributed by atoms with Gasteiger partial charge in [0.1, 0.15) is 5.60 Å². The summed E-state index contributed by atoms with van der Waals surface area (Å²) in [6, 6.07) is 0.330. The van der Waals surface area contributed by atoms with Crippen LogP contribution in [0.4, 0.5) is 0 Å². The molecule has 0 aromatic rings. The Bertz CT molecular complexity index is 229. The molecule has 0 aliphatic carbocycles. The van der Waals surface area contributed by atoms with Gasteiger partial charge in [-0.25, -0.2) is 0 Å². The van der Waals surface area contributed by atoms with Gasteiger partial charge in [0, 0.05) is 26.2 Å². The monoisotopic (exact) mass is 214 g/mol. The van der Waals surface area contributed by atoms with Crippen LogP contribution in [-0.4, -0.2) is 49.7 Å². The summed E-state index contributed by atoms with van der Waals surface area (Å²) in [5.74, 6) is 0.0998. The highest BCUT2D eigenvalue weighted by Gasteiger charge is 2.37. The topological polar surface area (TPSA) is 41.6 Å². The largest absolute Gasteiger partial charge is 0.369 e. The first-order chi connectivity index (χ1) is 7.03. The Labute approximate surface area is 92.0 Å². The van der Waals surface area contributed by atoms with Crippen LogP contribution in [-0.2, 0) is 9.53 Å². The number of carbonyl (C=O) groups is 1. The van der Waals surface area contributed by atoms with Gasteiger partial charge in [0.25, 0.3) is 5.91 Å². The molecule has 4 nitrogen and oxygen atoms in total. The van der Waals surface area contributed by atoms with Gasteiger partial charge in [-0.2, -0.15) is 0 Å². The molecule has 1 unspecified atom stereocenters. The van der Waals surface area contributed by atoms with Crippen molar-refractivity contribution in [2.24, 2.45) is 0 Å². The summed E-state index contributed by atoms with van der Waals surface area (Å²) in [5.41, 5.74) is -0.698. The molecule has 1 aliphatic rings. The fourth-order valence-electron chi connectivity index (χ4n) is 1.98. The standard InChI is InChI=1S/C11H22N2O2/c1-11(2,15-4)10(14)13-7-5-6-9(13)8-12-3/h9,12H,5-8H2,1-4H3. The molecule has 1 N–H and O–H groups in total. The van der Waals surface area contributed by atoms with Gasteiger partial charge in [0.15, 0.2) is 0 Å². The van der Waals surface area contributed by atoms with E-state index in [-0.39, 0.29) is 5.91 Å². The molecular weight excluding hydrogens is 192 g/mol. The van der Waals surface area contributed by atoms with Gasteiger partial charge in [0.05, 0.1) is 0 Å². The van der Waals surface area contributed by atoms with Crippen molar-refractivity contribution in [2.45, 2.75) is 38.3 Å². The Balaban J connectivity index is 2.66. The zero-order valence-electron chi connectivity index (χ0n) is 10.2. The number of carbonyl (C=O) groups excluding carboxylic acids is 1. The van der Waals surface area contributed by atoms with Crippen molar-refractivity contribution in [3.8, 4) is 0 Å². The van der Waals surface area contributed by atoms with Crippen LogP contribution in [0.5, 0.6) is 0 Å². The van der Waals surface area contributed by atoms with Crippen molar-refractivity contribution in [3.05, 3.63) is 0 Å². The predicted octanol–water partition coefficient (Wildman–Crippen LogP) is 0.622. The highest BCUT2D eigenvalue weighted by Crippen LogP contribution is 2.22. The molecule has 1 rings (SSSR count). The van der Waals surface area contributed by atoms with Crippen molar-refractivity contribution in [1.29, 1.82) is 0 Å². The van der Waals surface area contributed by atoms with Crippen LogP contribution in [0.25, 0.3) is 0 Å². The van der Waals surface area contributed by atoms with Gasteiger partial charge in [-0.15, -0.1) is 0 Å². The number of hydrogen-bond donors (Lipinski definition) is 1. The van der Waals surface area contributed by atoms with Crippen molar-refractivity contribution in [3.63, 3.8) is 0 Å². The quantitative estimate of drug-likeness (QED) is 0.746.